The van der Waals surface area contributed by atoms with E-state index in [-0.39, 0.29) is 71.0 Å². The third kappa shape index (κ3) is 4.41. The fourth-order valence-electron chi connectivity index (χ4n) is 7.10. The van der Waals surface area contributed by atoms with Crippen molar-refractivity contribution in [3.05, 3.63) is 27.2 Å². The van der Waals surface area contributed by atoms with E-state index in [0.29, 0.717) is 23.8 Å². The lowest BCUT2D eigenvalue weighted by atomic mass is 9.47. The molecule has 4 aliphatic carbocycles. The van der Waals surface area contributed by atoms with Gasteiger partial charge in [-0.15, -0.1) is 0 Å². The second-order valence-corrected chi connectivity index (χ2v) is 14.0. The van der Waals surface area contributed by atoms with Gasteiger partial charge in [-0.25, -0.2) is 0 Å². The van der Waals surface area contributed by atoms with Gasteiger partial charge >= 0.3 is 10.2 Å². The van der Waals surface area contributed by atoms with Gasteiger partial charge < -0.3 is 11.1 Å². The number of amides is 2. The normalized spacial score (nSPS) is 35.8. The fraction of sp³-hybridized carbons (Fsp3) is 0.652. The van der Waals surface area contributed by atoms with E-state index in [1.54, 1.807) is 0 Å². The lowest BCUT2D eigenvalue weighted by Gasteiger charge is -2.58. The summed E-state index contributed by atoms with van der Waals surface area (Å²) in [7, 11) is -4.05. The van der Waals surface area contributed by atoms with Crippen LogP contribution in [0, 0.1) is 29.1 Å². The van der Waals surface area contributed by atoms with Gasteiger partial charge in [-0.2, -0.15) is 12.7 Å². The van der Waals surface area contributed by atoms with Crippen LogP contribution in [0.15, 0.2) is 12.1 Å². The molecule has 0 spiro atoms. The molecular weight excluding hydrogens is 535 g/mol. The van der Waals surface area contributed by atoms with Gasteiger partial charge in [0, 0.05) is 29.6 Å². The average Bonchev–Trinajstić information content (AvgIpc) is 2.73. The number of carbonyl (C=O) groups excluding carboxylic acids is 2. The molecule has 2 unspecified atom stereocenters. The van der Waals surface area contributed by atoms with E-state index in [9.17, 15) is 18.0 Å². The Morgan fingerprint density at radius 2 is 1.69 bits per heavy atom. The average molecular weight is 564 g/mol. The number of anilines is 1. The Kier molecular flexibility index (Phi) is 6.49. The molecule has 4 bridgehead atoms. The maximum atomic E-state index is 13.5. The molecule has 5 fully saturated rings. The van der Waals surface area contributed by atoms with Crippen LogP contribution in [-0.2, 0) is 19.8 Å². The molecule has 0 aromatic heterocycles. The first-order valence-corrected chi connectivity index (χ1v) is 14.4. The zero-order valence-electron chi connectivity index (χ0n) is 19.3. The SMILES string of the molecule is C[C@@H]1CN(CC(=O)NC2C3CC4CC2CC(C(N)=O)(C4)C3)S(=O)(=O)N(c2c(Cl)cc(Cl)cc2Cl)C1. The van der Waals surface area contributed by atoms with Gasteiger partial charge in [-0.1, -0.05) is 41.7 Å². The Hall–Kier alpha value is -1.26. The molecule has 8 nitrogen and oxygen atoms in total. The van der Waals surface area contributed by atoms with Crippen LogP contribution in [0.5, 0.6) is 0 Å². The van der Waals surface area contributed by atoms with Gasteiger partial charge in [0.2, 0.25) is 11.8 Å². The van der Waals surface area contributed by atoms with Crippen molar-refractivity contribution in [2.24, 2.45) is 34.8 Å². The lowest BCUT2D eigenvalue weighted by Crippen LogP contribution is -2.63. The van der Waals surface area contributed by atoms with Gasteiger partial charge in [0.05, 0.1) is 22.3 Å². The molecule has 35 heavy (non-hydrogen) atoms. The zero-order valence-corrected chi connectivity index (χ0v) is 22.4. The van der Waals surface area contributed by atoms with Crippen molar-refractivity contribution in [2.45, 2.75) is 45.1 Å². The number of hydrogen-bond acceptors (Lipinski definition) is 4. The largest absolute Gasteiger partial charge is 0.369 e. The number of halogens is 3. The molecule has 192 valence electrons. The summed E-state index contributed by atoms with van der Waals surface area (Å²) in [5.41, 5.74) is 5.48. The summed E-state index contributed by atoms with van der Waals surface area (Å²) < 4.78 is 29.4. The maximum Gasteiger partial charge on any atom is 0.304 e. The highest BCUT2D eigenvalue weighted by atomic mass is 35.5. The second-order valence-electron chi connectivity index (χ2n) is 10.9. The lowest BCUT2D eigenvalue weighted by molar-refractivity contribution is -0.147. The van der Waals surface area contributed by atoms with E-state index in [1.165, 1.54) is 16.4 Å². The van der Waals surface area contributed by atoms with Crippen LogP contribution in [-0.4, -0.2) is 50.2 Å². The molecule has 1 saturated heterocycles. The third-order valence-corrected chi connectivity index (χ3v) is 10.9. The summed E-state index contributed by atoms with van der Waals surface area (Å²) in [6.07, 6.45) is 4.18. The highest BCUT2D eigenvalue weighted by Crippen LogP contribution is 2.59. The van der Waals surface area contributed by atoms with Crippen LogP contribution in [0.3, 0.4) is 0 Å². The van der Waals surface area contributed by atoms with Crippen LogP contribution in [0.1, 0.15) is 39.0 Å². The predicted octanol–water partition coefficient (Wildman–Crippen LogP) is 3.45. The maximum absolute atomic E-state index is 13.5. The van der Waals surface area contributed by atoms with Gasteiger partial charge in [0.25, 0.3) is 0 Å². The standard InChI is InChI=1S/C23H29Cl3N4O4S/c1-12-9-29(35(33,34)30(10-12)21-17(25)4-16(24)5-18(21)26)11-19(31)28-20-14-2-13-3-15(20)8-23(6-13,7-14)22(27)32/h4-5,12-15,20H,2-3,6-11H2,1H3,(H2,27,32)(H,28,31)/t12-,13?,14?,15?,20?,23?/m1/s1. The Balaban J connectivity index is 1.32. The van der Waals surface area contributed by atoms with Gasteiger partial charge in [-0.3, -0.25) is 13.9 Å². The van der Waals surface area contributed by atoms with E-state index in [2.05, 4.69) is 5.32 Å². The molecule has 6 rings (SSSR count). The number of nitrogens with zero attached hydrogens (tertiary/aromatic N) is 2. The molecule has 0 radical (unpaired) electrons. The van der Waals surface area contributed by atoms with Crippen molar-refractivity contribution in [1.29, 1.82) is 0 Å². The Labute approximate surface area is 220 Å². The Morgan fingerprint density at radius 1 is 1.09 bits per heavy atom. The second kappa shape index (κ2) is 8.94. The molecule has 3 N–H and O–H groups in total. The first-order chi connectivity index (χ1) is 16.4. The number of nitrogens with one attached hydrogen (secondary N) is 1. The zero-order chi connectivity index (χ0) is 25.3. The number of primary amides is 1. The number of rotatable bonds is 5. The summed E-state index contributed by atoms with van der Waals surface area (Å²) in [4.78, 5) is 25.3. The predicted molar refractivity (Wildman–Crippen MR) is 136 cm³/mol. The van der Waals surface area contributed by atoms with E-state index in [4.69, 9.17) is 40.5 Å². The fourth-order valence-corrected chi connectivity index (χ4v) is 10.1. The van der Waals surface area contributed by atoms with Gasteiger partial charge in [0.1, 0.15) is 0 Å². The molecule has 12 heteroatoms. The highest BCUT2D eigenvalue weighted by Gasteiger charge is 2.58. The molecular formula is C23H29Cl3N4O4S. The first kappa shape index (κ1) is 25.4. The van der Waals surface area contributed by atoms with Crippen molar-refractivity contribution in [1.82, 2.24) is 9.62 Å². The number of carbonyl (C=O) groups is 2. The monoisotopic (exact) mass is 562 g/mol. The summed E-state index contributed by atoms with van der Waals surface area (Å²) in [6.45, 7) is 2.00. The van der Waals surface area contributed by atoms with Crippen molar-refractivity contribution >= 4 is 62.5 Å². The molecule has 5 aliphatic rings. The van der Waals surface area contributed by atoms with Crippen LogP contribution < -0.4 is 15.4 Å². The Morgan fingerprint density at radius 3 is 2.26 bits per heavy atom. The summed E-state index contributed by atoms with van der Waals surface area (Å²) in [5, 5.41) is 3.67. The summed E-state index contributed by atoms with van der Waals surface area (Å²) in [5.74, 6) is 0.219. The first-order valence-electron chi connectivity index (χ1n) is 11.9. The van der Waals surface area contributed by atoms with Crippen LogP contribution in [0.25, 0.3) is 0 Å². The van der Waals surface area contributed by atoms with Gasteiger partial charge in [-0.05, 0) is 67.9 Å². The molecule has 1 heterocycles. The quantitative estimate of drug-likeness (QED) is 0.571. The number of benzene rings is 1. The summed E-state index contributed by atoms with van der Waals surface area (Å²) >= 11 is 18.6. The van der Waals surface area contributed by atoms with E-state index in [1.807, 2.05) is 6.92 Å². The molecule has 1 aliphatic heterocycles. The summed E-state index contributed by atoms with van der Waals surface area (Å²) in [6, 6.07) is 2.83. The van der Waals surface area contributed by atoms with E-state index in [0.717, 1.165) is 23.6 Å². The Bertz CT molecular complexity index is 1140. The van der Waals surface area contributed by atoms with Gasteiger partial charge in [0.15, 0.2) is 0 Å². The molecule has 1 aromatic carbocycles. The minimum absolute atomic E-state index is 0.0623. The number of nitrogens with two attached hydrogens (primary N) is 1. The van der Waals surface area contributed by atoms with Crippen molar-refractivity contribution in [2.75, 3.05) is 23.9 Å². The third-order valence-electron chi connectivity index (χ3n) is 8.27. The highest BCUT2D eigenvalue weighted by molar-refractivity contribution is 7.90. The topological polar surface area (TPSA) is 113 Å². The molecule has 4 saturated carbocycles. The number of hydrogen-bond donors (Lipinski definition) is 2. The van der Waals surface area contributed by atoms with Crippen molar-refractivity contribution in [3.63, 3.8) is 0 Å². The molecule has 3 atom stereocenters. The van der Waals surface area contributed by atoms with Crippen LogP contribution >= 0.6 is 34.8 Å². The van der Waals surface area contributed by atoms with E-state index >= 15 is 0 Å². The van der Waals surface area contributed by atoms with Crippen molar-refractivity contribution in [3.8, 4) is 0 Å². The molecule has 1 aromatic rings. The van der Waals surface area contributed by atoms with Crippen LogP contribution in [0.2, 0.25) is 15.1 Å². The minimum atomic E-state index is -4.05. The van der Waals surface area contributed by atoms with Crippen LogP contribution in [0.4, 0.5) is 5.69 Å². The smallest absolute Gasteiger partial charge is 0.304 e. The minimum Gasteiger partial charge on any atom is -0.369 e. The molecule has 2 amide bonds. The van der Waals surface area contributed by atoms with Crippen molar-refractivity contribution < 1.29 is 18.0 Å². The van der Waals surface area contributed by atoms with E-state index < -0.39 is 15.6 Å².